The lowest BCUT2D eigenvalue weighted by Crippen LogP contribution is -2.14. The number of aryl methyl sites for hydroxylation is 1. The molecule has 104 valence electrons. The van der Waals surface area contributed by atoms with Crippen molar-refractivity contribution in [1.82, 2.24) is 9.97 Å². The summed E-state index contributed by atoms with van der Waals surface area (Å²) in [5, 5.41) is 3.13. The van der Waals surface area contributed by atoms with E-state index in [9.17, 15) is 4.39 Å². The highest BCUT2D eigenvalue weighted by molar-refractivity contribution is 9.10. The van der Waals surface area contributed by atoms with Crippen molar-refractivity contribution in [3.63, 3.8) is 0 Å². The van der Waals surface area contributed by atoms with Crippen LogP contribution >= 0.6 is 39.7 Å². The number of benzene rings is 1. The first kappa shape index (κ1) is 15.1. The number of hydrogen-bond acceptors (Lipinski definition) is 4. The average Bonchev–Trinajstić information content (AvgIpc) is 2.33. The minimum absolute atomic E-state index is 0.169. The molecule has 0 amide bonds. The fraction of sp³-hybridized carbons (Fsp3) is 0.0833. The standard InChI is InChI=1S/C12H9BrClFN4S/c1-5-2-9(11(16)20)18-12(17-5)19-10-7(13)3-6(15)4-8(10)14/h2-4H,1H3,(H2,16,20)(H,17,18,19). The second-order valence-electron chi connectivity index (χ2n) is 3.95. The molecule has 0 unspecified atom stereocenters. The van der Waals surface area contributed by atoms with E-state index in [1.54, 1.807) is 13.0 Å². The van der Waals surface area contributed by atoms with Crippen molar-refractivity contribution in [3.05, 3.63) is 44.9 Å². The molecular weight excluding hydrogens is 367 g/mol. The van der Waals surface area contributed by atoms with Gasteiger partial charge in [0, 0.05) is 10.2 Å². The number of hydrogen-bond donors (Lipinski definition) is 2. The van der Waals surface area contributed by atoms with Crippen molar-refractivity contribution < 1.29 is 4.39 Å². The Hall–Kier alpha value is -1.31. The van der Waals surface area contributed by atoms with Crippen molar-refractivity contribution >= 4 is 56.4 Å². The Bertz CT molecular complexity index is 672. The highest BCUT2D eigenvalue weighted by Crippen LogP contribution is 2.33. The van der Waals surface area contributed by atoms with Crippen molar-refractivity contribution in [1.29, 1.82) is 0 Å². The molecule has 2 rings (SSSR count). The lowest BCUT2D eigenvalue weighted by atomic mass is 10.3. The van der Waals surface area contributed by atoms with Gasteiger partial charge in [-0.1, -0.05) is 23.8 Å². The molecule has 0 atom stereocenters. The number of rotatable bonds is 3. The summed E-state index contributed by atoms with van der Waals surface area (Å²) >= 11 is 14.1. The summed E-state index contributed by atoms with van der Waals surface area (Å²) in [5.74, 6) is -0.164. The maximum absolute atomic E-state index is 13.2. The molecule has 0 aliphatic heterocycles. The van der Waals surface area contributed by atoms with Crippen LogP contribution in [0, 0.1) is 12.7 Å². The quantitative estimate of drug-likeness (QED) is 0.801. The van der Waals surface area contributed by atoms with Crippen molar-refractivity contribution in [2.45, 2.75) is 6.92 Å². The summed E-state index contributed by atoms with van der Waals surface area (Å²) in [6, 6.07) is 4.16. The van der Waals surface area contributed by atoms with Crippen LogP contribution in [-0.2, 0) is 0 Å². The molecule has 3 N–H and O–H groups in total. The molecule has 1 aromatic heterocycles. The highest BCUT2D eigenvalue weighted by atomic mass is 79.9. The number of anilines is 2. The Morgan fingerprint density at radius 2 is 2.10 bits per heavy atom. The second-order valence-corrected chi connectivity index (χ2v) is 5.65. The van der Waals surface area contributed by atoms with E-state index < -0.39 is 5.82 Å². The van der Waals surface area contributed by atoms with Gasteiger partial charge in [-0.05, 0) is 41.1 Å². The lowest BCUT2D eigenvalue weighted by molar-refractivity contribution is 0.627. The van der Waals surface area contributed by atoms with Crippen LogP contribution in [0.4, 0.5) is 16.0 Å². The van der Waals surface area contributed by atoms with E-state index in [0.29, 0.717) is 21.5 Å². The molecule has 1 aromatic carbocycles. The number of aromatic nitrogens is 2. The fourth-order valence-electron chi connectivity index (χ4n) is 1.52. The Labute approximate surface area is 133 Å². The summed E-state index contributed by atoms with van der Waals surface area (Å²) < 4.78 is 13.6. The first-order valence-corrected chi connectivity index (χ1v) is 7.02. The zero-order valence-corrected chi connectivity index (χ0v) is 13.4. The molecule has 0 saturated carbocycles. The molecule has 0 spiro atoms. The van der Waals surface area contributed by atoms with Gasteiger partial charge in [0.15, 0.2) is 0 Å². The zero-order valence-electron chi connectivity index (χ0n) is 10.2. The lowest BCUT2D eigenvalue weighted by Gasteiger charge is -2.11. The van der Waals surface area contributed by atoms with Gasteiger partial charge in [0.1, 0.15) is 16.5 Å². The molecule has 0 aliphatic carbocycles. The number of nitrogens with two attached hydrogens (primary N) is 1. The molecular formula is C12H9BrClFN4S. The average molecular weight is 376 g/mol. The fourth-order valence-corrected chi connectivity index (χ4v) is 2.53. The molecule has 20 heavy (non-hydrogen) atoms. The van der Waals surface area contributed by atoms with Crippen LogP contribution in [0.2, 0.25) is 5.02 Å². The minimum Gasteiger partial charge on any atom is -0.388 e. The largest absolute Gasteiger partial charge is 0.388 e. The SMILES string of the molecule is Cc1cc(C(N)=S)nc(Nc2c(Cl)cc(F)cc2Br)n1. The summed E-state index contributed by atoms with van der Waals surface area (Å²) in [5.41, 5.74) is 7.16. The van der Waals surface area contributed by atoms with Crippen molar-refractivity contribution in [2.24, 2.45) is 5.73 Å². The maximum atomic E-state index is 13.2. The molecule has 0 aliphatic rings. The number of halogens is 3. The van der Waals surface area contributed by atoms with Gasteiger partial charge in [-0.25, -0.2) is 14.4 Å². The van der Waals surface area contributed by atoms with Crippen LogP contribution < -0.4 is 11.1 Å². The van der Waals surface area contributed by atoms with Crippen LogP contribution in [0.3, 0.4) is 0 Å². The minimum atomic E-state index is -0.443. The van der Waals surface area contributed by atoms with Crippen LogP contribution in [-0.4, -0.2) is 15.0 Å². The van der Waals surface area contributed by atoms with E-state index in [1.807, 2.05) is 0 Å². The first-order chi connectivity index (χ1) is 9.36. The number of nitrogens with one attached hydrogen (secondary N) is 1. The third kappa shape index (κ3) is 3.41. The molecule has 2 aromatic rings. The first-order valence-electron chi connectivity index (χ1n) is 5.44. The third-order valence-corrected chi connectivity index (χ3v) is 3.48. The summed E-state index contributed by atoms with van der Waals surface area (Å²) in [6.45, 7) is 1.79. The van der Waals surface area contributed by atoms with Crippen LogP contribution in [0.15, 0.2) is 22.7 Å². The summed E-state index contributed by atoms with van der Waals surface area (Å²) in [6.07, 6.45) is 0. The zero-order chi connectivity index (χ0) is 14.9. The maximum Gasteiger partial charge on any atom is 0.228 e. The summed E-state index contributed by atoms with van der Waals surface area (Å²) in [4.78, 5) is 8.55. The number of thiocarbonyl (C=S) groups is 1. The van der Waals surface area contributed by atoms with Crippen molar-refractivity contribution in [2.75, 3.05) is 5.32 Å². The molecule has 1 heterocycles. The van der Waals surface area contributed by atoms with Gasteiger partial charge in [0.25, 0.3) is 0 Å². The normalized spacial score (nSPS) is 10.4. The van der Waals surface area contributed by atoms with E-state index in [4.69, 9.17) is 29.6 Å². The molecule has 0 fully saturated rings. The Kier molecular flexibility index (Phi) is 4.52. The Morgan fingerprint density at radius 1 is 1.40 bits per heavy atom. The Morgan fingerprint density at radius 3 is 2.70 bits per heavy atom. The van der Waals surface area contributed by atoms with E-state index in [2.05, 4.69) is 31.2 Å². The predicted octanol–water partition coefficient (Wildman–Crippen LogP) is 3.72. The molecule has 8 heteroatoms. The molecule has 4 nitrogen and oxygen atoms in total. The van der Waals surface area contributed by atoms with Gasteiger partial charge in [0.05, 0.1) is 10.7 Å². The molecule has 0 bridgehead atoms. The van der Waals surface area contributed by atoms with Gasteiger partial charge >= 0.3 is 0 Å². The van der Waals surface area contributed by atoms with Crippen LogP contribution in [0.5, 0.6) is 0 Å². The topological polar surface area (TPSA) is 63.8 Å². The van der Waals surface area contributed by atoms with Gasteiger partial charge in [-0.2, -0.15) is 0 Å². The monoisotopic (exact) mass is 374 g/mol. The Balaban J connectivity index is 2.42. The van der Waals surface area contributed by atoms with Gasteiger partial charge < -0.3 is 11.1 Å². The van der Waals surface area contributed by atoms with Gasteiger partial charge in [-0.15, -0.1) is 0 Å². The van der Waals surface area contributed by atoms with E-state index in [-0.39, 0.29) is 16.0 Å². The van der Waals surface area contributed by atoms with E-state index in [0.717, 1.165) is 0 Å². The highest BCUT2D eigenvalue weighted by Gasteiger charge is 2.11. The van der Waals surface area contributed by atoms with E-state index >= 15 is 0 Å². The van der Waals surface area contributed by atoms with Crippen molar-refractivity contribution in [3.8, 4) is 0 Å². The van der Waals surface area contributed by atoms with E-state index in [1.165, 1.54) is 12.1 Å². The van der Waals surface area contributed by atoms with Gasteiger partial charge in [0.2, 0.25) is 5.95 Å². The summed E-state index contributed by atoms with van der Waals surface area (Å²) in [7, 11) is 0. The second kappa shape index (κ2) is 5.99. The number of nitrogens with zero attached hydrogens (tertiary/aromatic N) is 2. The smallest absolute Gasteiger partial charge is 0.228 e. The predicted molar refractivity (Wildman–Crippen MR) is 85.0 cm³/mol. The molecule has 0 radical (unpaired) electrons. The van der Waals surface area contributed by atoms with Crippen LogP contribution in [0.25, 0.3) is 0 Å². The van der Waals surface area contributed by atoms with Crippen LogP contribution in [0.1, 0.15) is 11.4 Å². The third-order valence-electron chi connectivity index (χ3n) is 2.35. The van der Waals surface area contributed by atoms with Gasteiger partial charge in [-0.3, -0.25) is 0 Å². The molecule has 0 saturated heterocycles.